The highest BCUT2D eigenvalue weighted by Crippen LogP contribution is 2.24. The summed E-state index contributed by atoms with van der Waals surface area (Å²) in [6, 6.07) is 1.85. The highest BCUT2D eigenvalue weighted by molar-refractivity contribution is 5.28. The zero-order chi connectivity index (χ0) is 13.8. The second-order valence-corrected chi connectivity index (χ2v) is 4.47. The van der Waals surface area contributed by atoms with Gasteiger partial charge in [-0.1, -0.05) is 0 Å². The molecule has 102 valence electrons. The summed E-state index contributed by atoms with van der Waals surface area (Å²) >= 11 is 0. The number of hydrogen-bond acceptors (Lipinski definition) is 4. The molecule has 0 aliphatic heterocycles. The monoisotopic (exact) mass is 264 g/mol. The van der Waals surface area contributed by atoms with E-state index in [-0.39, 0.29) is 11.9 Å². The fraction of sp³-hybridized carbons (Fsp3) is 0.385. The van der Waals surface area contributed by atoms with Gasteiger partial charge in [-0.3, -0.25) is 4.68 Å². The van der Waals surface area contributed by atoms with E-state index in [0.717, 1.165) is 0 Å². The summed E-state index contributed by atoms with van der Waals surface area (Å²) in [5, 5.41) is 7.02. The van der Waals surface area contributed by atoms with Gasteiger partial charge < -0.3 is 10.1 Å². The number of nitrogens with one attached hydrogen (secondary N) is 1. The van der Waals surface area contributed by atoms with Crippen molar-refractivity contribution in [3.05, 3.63) is 36.0 Å². The first-order valence-corrected chi connectivity index (χ1v) is 6.11. The third kappa shape index (κ3) is 3.08. The van der Waals surface area contributed by atoms with Crippen molar-refractivity contribution in [3.63, 3.8) is 0 Å². The molecule has 0 aliphatic carbocycles. The van der Waals surface area contributed by atoms with Gasteiger partial charge in [0, 0.05) is 24.3 Å². The summed E-state index contributed by atoms with van der Waals surface area (Å²) < 4.78 is 21.2. The van der Waals surface area contributed by atoms with E-state index in [2.05, 4.69) is 15.4 Å². The molecule has 0 amide bonds. The molecule has 0 spiro atoms. The van der Waals surface area contributed by atoms with E-state index < -0.39 is 5.82 Å². The van der Waals surface area contributed by atoms with E-state index in [1.165, 1.54) is 6.20 Å². The lowest BCUT2D eigenvalue weighted by molar-refractivity contribution is 0.416. The molecule has 5 nitrogen and oxygen atoms in total. The molecule has 2 heterocycles. The van der Waals surface area contributed by atoms with Crippen LogP contribution < -0.4 is 10.1 Å². The summed E-state index contributed by atoms with van der Waals surface area (Å²) in [5.41, 5.74) is 0.517. The van der Waals surface area contributed by atoms with Crippen molar-refractivity contribution in [1.82, 2.24) is 20.1 Å². The first-order chi connectivity index (χ1) is 9.11. The van der Waals surface area contributed by atoms with Gasteiger partial charge in [0.05, 0.1) is 12.4 Å². The zero-order valence-corrected chi connectivity index (χ0v) is 11.2. The summed E-state index contributed by atoms with van der Waals surface area (Å²) in [7, 11) is 1.76. The van der Waals surface area contributed by atoms with Gasteiger partial charge in [0.15, 0.2) is 11.6 Å². The molecule has 0 saturated heterocycles. The number of hydrogen-bond donors (Lipinski definition) is 1. The molecule has 0 aromatic carbocycles. The molecule has 0 aliphatic rings. The predicted octanol–water partition coefficient (Wildman–Crippen LogP) is 2.51. The molecule has 0 radical (unpaired) electrons. The lowest BCUT2D eigenvalue weighted by Gasteiger charge is -2.07. The lowest BCUT2D eigenvalue weighted by Crippen LogP contribution is -2.08. The van der Waals surface area contributed by atoms with Crippen molar-refractivity contribution in [1.29, 1.82) is 0 Å². The van der Waals surface area contributed by atoms with E-state index >= 15 is 0 Å². The molecule has 2 aromatic rings. The largest absolute Gasteiger partial charge is 0.433 e. The van der Waals surface area contributed by atoms with E-state index in [1.54, 1.807) is 30.2 Å². The van der Waals surface area contributed by atoms with Crippen LogP contribution in [-0.4, -0.2) is 21.8 Å². The maximum Gasteiger partial charge on any atom is 0.256 e. The van der Waals surface area contributed by atoms with Gasteiger partial charge in [0.1, 0.15) is 0 Å². The Hall–Kier alpha value is -1.95. The maximum absolute atomic E-state index is 14.1. The third-order valence-corrected chi connectivity index (χ3v) is 2.63. The molecule has 6 heteroatoms. The Morgan fingerprint density at radius 1 is 1.47 bits per heavy atom. The van der Waals surface area contributed by atoms with Crippen LogP contribution in [0.5, 0.6) is 11.6 Å². The fourth-order valence-electron chi connectivity index (χ4n) is 1.63. The summed E-state index contributed by atoms with van der Waals surface area (Å²) in [4.78, 5) is 3.91. The molecular formula is C13H17FN4O. The van der Waals surface area contributed by atoms with Crippen molar-refractivity contribution >= 4 is 0 Å². The van der Waals surface area contributed by atoms with Crippen LogP contribution in [0.2, 0.25) is 0 Å². The van der Waals surface area contributed by atoms with Crippen molar-refractivity contribution < 1.29 is 9.13 Å². The van der Waals surface area contributed by atoms with E-state index in [9.17, 15) is 4.39 Å². The zero-order valence-electron chi connectivity index (χ0n) is 11.2. The second-order valence-electron chi connectivity index (χ2n) is 4.47. The van der Waals surface area contributed by atoms with Gasteiger partial charge in [-0.25, -0.2) is 9.37 Å². The number of halogens is 1. The number of ether oxygens (including phenoxy) is 1. The van der Waals surface area contributed by atoms with Crippen molar-refractivity contribution in [2.75, 3.05) is 7.05 Å². The molecule has 0 unspecified atom stereocenters. The van der Waals surface area contributed by atoms with Crippen LogP contribution in [0.1, 0.15) is 25.5 Å². The Bertz CT molecular complexity index is 553. The van der Waals surface area contributed by atoms with Crippen molar-refractivity contribution in [3.8, 4) is 11.6 Å². The Morgan fingerprint density at radius 2 is 2.26 bits per heavy atom. The normalized spacial score (nSPS) is 11.0. The Balaban J connectivity index is 2.20. The average molecular weight is 264 g/mol. The minimum atomic E-state index is -0.450. The Kier molecular flexibility index (Phi) is 4.11. The first-order valence-electron chi connectivity index (χ1n) is 6.11. The second kappa shape index (κ2) is 5.79. The van der Waals surface area contributed by atoms with Gasteiger partial charge in [-0.15, -0.1) is 0 Å². The van der Waals surface area contributed by atoms with Crippen molar-refractivity contribution in [2.24, 2.45) is 0 Å². The Labute approximate surface area is 111 Å². The van der Waals surface area contributed by atoms with Gasteiger partial charge >= 0.3 is 0 Å². The van der Waals surface area contributed by atoms with Gasteiger partial charge in [0.25, 0.3) is 5.88 Å². The molecule has 0 atom stereocenters. The smallest absolute Gasteiger partial charge is 0.256 e. The standard InChI is InChI=1S/C13H17FN4O/c1-9(2)18-8-11(7-17-18)19-13-12(14)10(6-15-3)4-5-16-13/h4-5,7-9,15H,6H2,1-3H3. The van der Waals surface area contributed by atoms with Crippen LogP contribution in [0, 0.1) is 5.82 Å². The Morgan fingerprint density at radius 3 is 2.89 bits per heavy atom. The molecule has 2 rings (SSSR count). The molecule has 0 fully saturated rings. The average Bonchev–Trinajstić information content (AvgIpc) is 2.83. The molecule has 0 saturated carbocycles. The minimum Gasteiger partial charge on any atom is -0.433 e. The number of rotatable bonds is 5. The third-order valence-electron chi connectivity index (χ3n) is 2.63. The van der Waals surface area contributed by atoms with Crippen LogP contribution >= 0.6 is 0 Å². The predicted molar refractivity (Wildman–Crippen MR) is 69.6 cm³/mol. The van der Waals surface area contributed by atoms with Crippen LogP contribution in [-0.2, 0) is 6.54 Å². The molecule has 1 N–H and O–H groups in total. The van der Waals surface area contributed by atoms with Crippen LogP contribution in [0.15, 0.2) is 24.7 Å². The van der Waals surface area contributed by atoms with Gasteiger partial charge in [-0.2, -0.15) is 5.10 Å². The van der Waals surface area contributed by atoms with Crippen LogP contribution in [0.25, 0.3) is 0 Å². The summed E-state index contributed by atoms with van der Waals surface area (Å²) in [6.07, 6.45) is 4.79. The summed E-state index contributed by atoms with van der Waals surface area (Å²) in [5.74, 6) is -0.00749. The molecule has 0 bridgehead atoms. The van der Waals surface area contributed by atoms with Crippen molar-refractivity contribution in [2.45, 2.75) is 26.4 Å². The van der Waals surface area contributed by atoms with E-state index in [0.29, 0.717) is 17.9 Å². The SMILES string of the molecule is CNCc1ccnc(Oc2cnn(C(C)C)c2)c1F. The van der Waals surface area contributed by atoms with Crippen LogP contribution in [0.3, 0.4) is 0 Å². The van der Waals surface area contributed by atoms with Crippen LogP contribution in [0.4, 0.5) is 4.39 Å². The summed E-state index contributed by atoms with van der Waals surface area (Å²) in [6.45, 7) is 4.43. The van der Waals surface area contributed by atoms with Gasteiger partial charge in [-0.05, 0) is 27.0 Å². The maximum atomic E-state index is 14.1. The number of pyridine rings is 1. The molecular weight excluding hydrogens is 247 g/mol. The highest BCUT2D eigenvalue weighted by atomic mass is 19.1. The van der Waals surface area contributed by atoms with E-state index in [1.807, 2.05) is 13.8 Å². The van der Waals surface area contributed by atoms with Gasteiger partial charge in [0.2, 0.25) is 0 Å². The lowest BCUT2D eigenvalue weighted by atomic mass is 10.2. The topological polar surface area (TPSA) is 52.0 Å². The van der Waals surface area contributed by atoms with E-state index in [4.69, 9.17) is 4.74 Å². The number of aromatic nitrogens is 3. The quantitative estimate of drug-likeness (QED) is 0.901. The molecule has 19 heavy (non-hydrogen) atoms. The first kappa shape index (κ1) is 13.5. The molecule has 2 aromatic heterocycles. The minimum absolute atomic E-state index is 0.0314. The highest BCUT2D eigenvalue weighted by Gasteiger charge is 2.12. The number of nitrogens with zero attached hydrogens (tertiary/aromatic N) is 3. The fourth-order valence-corrected chi connectivity index (χ4v) is 1.63.